The molecule has 0 amide bonds. The van der Waals surface area contributed by atoms with E-state index >= 15 is 0 Å². The molecule has 1 atom stereocenters. The topological polar surface area (TPSA) is 50.4 Å². The van der Waals surface area contributed by atoms with Crippen molar-refractivity contribution in [3.63, 3.8) is 0 Å². The average Bonchev–Trinajstić information content (AvgIpc) is 2.61. The van der Waals surface area contributed by atoms with E-state index in [-0.39, 0.29) is 6.04 Å². The van der Waals surface area contributed by atoms with E-state index in [9.17, 15) is 4.79 Å². The highest BCUT2D eigenvalue weighted by molar-refractivity contribution is 7.80. The summed E-state index contributed by atoms with van der Waals surface area (Å²) < 4.78 is 4.73. The Bertz CT molecular complexity index is 780. The molecule has 0 aliphatic carbocycles. The number of methoxy groups -OCH3 is 1. The van der Waals surface area contributed by atoms with Gasteiger partial charge >= 0.3 is 5.97 Å². The molecule has 0 radical (unpaired) electrons. The van der Waals surface area contributed by atoms with E-state index in [1.165, 1.54) is 18.2 Å². The van der Waals surface area contributed by atoms with Gasteiger partial charge in [-0.1, -0.05) is 42.8 Å². The fraction of sp³-hybridized carbons (Fsp3) is 0.263. The molecule has 0 spiro atoms. The van der Waals surface area contributed by atoms with Crippen molar-refractivity contribution in [3.8, 4) is 0 Å². The lowest BCUT2D eigenvalue weighted by molar-refractivity contribution is 0.0601. The summed E-state index contributed by atoms with van der Waals surface area (Å²) in [5.41, 5.74) is 3.36. The first kappa shape index (κ1) is 19.2. The molecule has 2 rings (SSSR count). The van der Waals surface area contributed by atoms with Crippen LogP contribution < -0.4 is 10.6 Å². The minimum Gasteiger partial charge on any atom is -0.465 e. The van der Waals surface area contributed by atoms with Crippen LogP contribution in [-0.2, 0) is 4.74 Å². The molecular formula is C19H21ClN2O2S. The molecule has 0 saturated carbocycles. The van der Waals surface area contributed by atoms with Gasteiger partial charge in [0.1, 0.15) is 0 Å². The van der Waals surface area contributed by atoms with Gasteiger partial charge in [0.05, 0.1) is 29.4 Å². The predicted molar refractivity (Wildman–Crippen MR) is 106 cm³/mol. The summed E-state index contributed by atoms with van der Waals surface area (Å²) in [6.45, 7) is 4.17. The van der Waals surface area contributed by atoms with Gasteiger partial charge < -0.3 is 15.4 Å². The first-order valence-electron chi connectivity index (χ1n) is 7.97. The second kappa shape index (κ2) is 8.83. The van der Waals surface area contributed by atoms with Crippen molar-refractivity contribution in [3.05, 3.63) is 64.2 Å². The van der Waals surface area contributed by atoms with Crippen LogP contribution in [0.5, 0.6) is 0 Å². The maximum atomic E-state index is 11.7. The summed E-state index contributed by atoms with van der Waals surface area (Å²) in [7, 11) is 1.34. The van der Waals surface area contributed by atoms with Gasteiger partial charge in [0, 0.05) is 0 Å². The largest absolute Gasteiger partial charge is 0.465 e. The number of anilines is 1. The fourth-order valence-corrected chi connectivity index (χ4v) is 2.98. The van der Waals surface area contributed by atoms with Crippen LogP contribution in [0.4, 0.5) is 5.69 Å². The summed E-state index contributed by atoms with van der Waals surface area (Å²) in [5, 5.41) is 7.29. The van der Waals surface area contributed by atoms with Crippen molar-refractivity contribution in [2.24, 2.45) is 0 Å². The average molecular weight is 377 g/mol. The molecule has 0 aliphatic heterocycles. The molecule has 1 unspecified atom stereocenters. The smallest absolute Gasteiger partial charge is 0.337 e. The summed E-state index contributed by atoms with van der Waals surface area (Å²) in [6.07, 6.45) is 0.878. The first-order chi connectivity index (χ1) is 12.0. The van der Waals surface area contributed by atoms with E-state index in [0.29, 0.717) is 21.4 Å². The Kier molecular flexibility index (Phi) is 6.79. The van der Waals surface area contributed by atoms with E-state index in [1.54, 1.807) is 18.2 Å². The normalized spacial score (nSPS) is 11.5. The minimum atomic E-state index is -0.426. The number of hydrogen-bond donors (Lipinski definition) is 2. The highest BCUT2D eigenvalue weighted by Crippen LogP contribution is 2.24. The lowest BCUT2D eigenvalue weighted by atomic mass is 10.00. The van der Waals surface area contributed by atoms with Crippen molar-refractivity contribution >= 4 is 40.6 Å². The van der Waals surface area contributed by atoms with Crippen LogP contribution in [0, 0.1) is 6.92 Å². The van der Waals surface area contributed by atoms with Crippen molar-refractivity contribution in [1.82, 2.24) is 5.32 Å². The highest BCUT2D eigenvalue weighted by atomic mass is 35.5. The predicted octanol–water partition coefficient (Wildman–Crippen LogP) is 4.87. The Labute approximate surface area is 158 Å². The summed E-state index contributed by atoms with van der Waals surface area (Å²) in [6, 6.07) is 13.1. The molecule has 0 saturated heterocycles. The number of thiocarbonyl (C=S) groups is 1. The second-order valence-corrected chi connectivity index (χ2v) is 6.42. The number of rotatable bonds is 5. The lowest BCUT2D eigenvalue weighted by Gasteiger charge is -2.22. The van der Waals surface area contributed by atoms with E-state index in [4.69, 9.17) is 28.6 Å². The van der Waals surface area contributed by atoms with Crippen LogP contribution in [0.15, 0.2) is 42.5 Å². The van der Waals surface area contributed by atoms with Crippen LogP contribution >= 0.6 is 23.8 Å². The van der Waals surface area contributed by atoms with Crippen molar-refractivity contribution in [1.29, 1.82) is 0 Å². The van der Waals surface area contributed by atoms with E-state index < -0.39 is 5.97 Å². The third kappa shape index (κ3) is 4.94. The molecule has 4 nitrogen and oxygen atoms in total. The SMILES string of the molecule is CCC(NC(=S)Nc1cc(C(=O)OC)ccc1Cl)c1ccccc1C. The number of ether oxygens (including phenoxy) is 1. The van der Waals surface area contributed by atoms with Gasteiger partial charge in [0.2, 0.25) is 0 Å². The molecule has 0 heterocycles. The number of benzene rings is 2. The summed E-state index contributed by atoms with van der Waals surface area (Å²) >= 11 is 11.6. The van der Waals surface area contributed by atoms with Gasteiger partial charge in [-0.2, -0.15) is 0 Å². The Hall–Kier alpha value is -2.11. The van der Waals surface area contributed by atoms with Gasteiger partial charge in [0.15, 0.2) is 5.11 Å². The minimum absolute atomic E-state index is 0.0868. The summed E-state index contributed by atoms with van der Waals surface area (Å²) in [4.78, 5) is 11.7. The first-order valence-corrected chi connectivity index (χ1v) is 8.75. The van der Waals surface area contributed by atoms with E-state index in [2.05, 4.69) is 36.6 Å². The highest BCUT2D eigenvalue weighted by Gasteiger charge is 2.14. The second-order valence-electron chi connectivity index (χ2n) is 5.60. The molecule has 6 heteroatoms. The molecule has 2 aromatic rings. The number of carbonyl (C=O) groups is 1. The third-order valence-corrected chi connectivity index (χ3v) is 4.46. The monoisotopic (exact) mass is 376 g/mol. The zero-order valence-electron chi connectivity index (χ0n) is 14.4. The molecule has 0 bridgehead atoms. The van der Waals surface area contributed by atoms with Gasteiger partial charge in [-0.15, -0.1) is 0 Å². The standard InChI is InChI=1S/C19H21ClN2O2S/c1-4-16(14-8-6-5-7-12(14)2)21-19(25)22-17-11-13(18(23)24-3)9-10-15(17)20/h5-11,16H,4H2,1-3H3,(H2,21,22,25). The molecular weight excluding hydrogens is 356 g/mol. The Morgan fingerprint density at radius 1 is 1.28 bits per heavy atom. The van der Waals surface area contributed by atoms with Crippen LogP contribution in [0.2, 0.25) is 5.02 Å². The maximum absolute atomic E-state index is 11.7. The Morgan fingerprint density at radius 3 is 2.64 bits per heavy atom. The van der Waals surface area contributed by atoms with Gasteiger partial charge in [0.25, 0.3) is 0 Å². The van der Waals surface area contributed by atoms with Gasteiger partial charge in [-0.3, -0.25) is 0 Å². The van der Waals surface area contributed by atoms with Crippen LogP contribution in [0.3, 0.4) is 0 Å². The maximum Gasteiger partial charge on any atom is 0.337 e. The summed E-state index contributed by atoms with van der Waals surface area (Å²) in [5.74, 6) is -0.426. The van der Waals surface area contributed by atoms with Gasteiger partial charge in [-0.05, 0) is 54.9 Å². The number of halogens is 1. The number of hydrogen-bond acceptors (Lipinski definition) is 3. The van der Waals surface area contributed by atoms with Crippen molar-refractivity contribution in [2.45, 2.75) is 26.3 Å². The van der Waals surface area contributed by atoms with Crippen LogP contribution in [-0.4, -0.2) is 18.2 Å². The third-order valence-electron chi connectivity index (χ3n) is 3.91. The Morgan fingerprint density at radius 2 is 2.00 bits per heavy atom. The number of aryl methyl sites for hydroxylation is 1. The molecule has 132 valence electrons. The van der Waals surface area contributed by atoms with E-state index in [1.807, 2.05) is 12.1 Å². The molecule has 0 aromatic heterocycles. The number of carbonyl (C=O) groups excluding carboxylic acids is 1. The molecule has 0 fully saturated rings. The molecule has 0 aliphatic rings. The van der Waals surface area contributed by atoms with E-state index in [0.717, 1.165) is 6.42 Å². The lowest BCUT2D eigenvalue weighted by Crippen LogP contribution is -2.32. The van der Waals surface area contributed by atoms with Crippen LogP contribution in [0.1, 0.15) is 40.9 Å². The van der Waals surface area contributed by atoms with Crippen molar-refractivity contribution < 1.29 is 9.53 Å². The quantitative estimate of drug-likeness (QED) is 0.575. The molecule has 25 heavy (non-hydrogen) atoms. The van der Waals surface area contributed by atoms with Gasteiger partial charge in [-0.25, -0.2) is 4.79 Å². The van der Waals surface area contributed by atoms with Crippen molar-refractivity contribution in [2.75, 3.05) is 12.4 Å². The molecule has 2 N–H and O–H groups in total. The zero-order chi connectivity index (χ0) is 18.4. The molecule has 2 aromatic carbocycles. The number of esters is 1. The number of nitrogens with one attached hydrogen (secondary N) is 2. The van der Waals surface area contributed by atoms with Crippen LogP contribution in [0.25, 0.3) is 0 Å². The zero-order valence-corrected chi connectivity index (χ0v) is 16.0. The fourth-order valence-electron chi connectivity index (χ4n) is 2.56. The Balaban J connectivity index is 2.14.